The fourth-order valence-electron chi connectivity index (χ4n) is 1.90. The highest BCUT2D eigenvalue weighted by molar-refractivity contribution is 5.99. The van der Waals surface area contributed by atoms with Crippen LogP contribution in [0.5, 0.6) is 5.75 Å². The molecule has 0 bridgehead atoms. The monoisotopic (exact) mass is 279 g/mol. The molecule has 0 N–H and O–H groups in total. The molecule has 0 saturated carbocycles. The zero-order valence-electron chi connectivity index (χ0n) is 12.6. The van der Waals surface area contributed by atoms with E-state index in [1.807, 2.05) is 49.4 Å². The Bertz CT molecular complexity index is 614. The summed E-state index contributed by atoms with van der Waals surface area (Å²) in [6, 6.07) is 18.3. The van der Waals surface area contributed by atoms with Crippen LogP contribution in [0.15, 0.2) is 71.9 Å². The van der Waals surface area contributed by atoms with Crippen LogP contribution in [-0.2, 0) is 6.54 Å². The Hall–Kier alpha value is -2.35. The van der Waals surface area contributed by atoms with Crippen molar-refractivity contribution in [1.82, 2.24) is 0 Å². The molecule has 0 aromatic heterocycles. The summed E-state index contributed by atoms with van der Waals surface area (Å²) in [6.07, 6.45) is 4.69. The summed E-state index contributed by atoms with van der Waals surface area (Å²) in [5.41, 5.74) is 3.33. The van der Waals surface area contributed by atoms with Crippen LogP contribution in [0.3, 0.4) is 0 Å². The van der Waals surface area contributed by atoms with Gasteiger partial charge in [-0.2, -0.15) is 0 Å². The van der Waals surface area contributed by atoms with Crippen LogP contribution in [0.1, 0.15) is 31.4 Å². The molecule has 2 aromatic rings. The Labute approximate surface area is 126 Å². The van der Waals surface area contributed by atoms with Gasteiger partial charge in [0.05, 0.1) is 12.8 Å². The molecule has 0 amide bonds. The zero-order chi connectivity index (χ0) is 14.9. The van der Waals surface area contributed by atoms with E-state index in [9.17, 15) is 0 Å². The van der Waals surface area contributed by atoms with Crippen molar-refractivity contribution in [3.63, 3.8) is 0 Å². The van der Waals surface area contributed by atoms with E-state index in [0.717, 1.165) is 23.4 Å². The van der Waals surface area contributed by atoms with Crippen molar-refractivity contribution in [2.24, 2.45) is 4.99 Å². The molecule has 0 unspecified atom stereocenters. The lowest BCUT2D eigenvalue weighted by Crippen LogP contribution is -1.96. The molecular weight excluding hydrogens is 258 g/mol. The average molecular weight is 279 g/mol. The van der Waals surface area contributed by atoms with Crippen LogP contribution in [0.25, 0.3) is 0 Å². The number of hydrogen-bond acceptors (Lipinski definition) is 2. The maximum Gasteiger partial charge on any atom is 0.127 e. The molecule has 2 aromatic carbocycles. The lowest BCUT2D eigenvalue weighted by Gasteiger charge is -2.05. The third kappa shape index (κ3) is 4.92. The van der Waals surface area contributed by atoms with Gasteiger partial charge >= 0.3 is 0 Å². The van der Waals surface area contributed by atoms with Crippen molar-refractivity contribution in [1.29, 1.82) is 0 Å². The van der Waals surface area contributed by atoms with E-state index < -0.39 is 0 Å². The highest BCUT2D eigenvalue weighted by Crippen LogP contribution is 2.15. The average Bonchev–Trinajstić information content (AvgIpc) is 2.54. The van der Waals surface area contributed by atoms with Gasteiger partial charge in [-0.05, 0) is 42.7 Å². The maximum atomic E-state index is 5.56. The summed E-state index contributed by atoms with van der Waals surface area (Å²) in [7, 11) is 0. The highest BCUT2D eigenvalue weighted by atomic mass is 16.5. The maximum absolute atomic E-state index is 5.56. The smallest absolute Gasteiger partial charge is 0.127 e. The molecule has 2 nitrogen and oxygen atoms in total. The van der Waals surface area contributed by atoms with Gasteiger partial charge in [-0.15, -0.1) is 0 Å². The van der Waals surface area contributed by atoms with Crippen LogP contribution < -0.4 is 4.74 Å². The van der Waals surface area contributed by atoms with Crippen molar-refractivity contribution in [2.45, 2.75) is 26.8 Å². The van der Waals surface area contributed by atoms with Gasteiger partial charge in [0.1, 0.15) is 5.75 Å². The molecule has 2 heteroatoms. The molecule has 0 fully saturated rings. The van der Waals surface area contributed by atoms with E-state index >= 15 is 0 Å². The Balaban J connectivity index is 2.06. The van der Waals surface area contributed by atoms with Gasteiger partial charge in [0, 0.05) is 5.71 Å². The van der Waals surface area contributed by atoms with Gasteiger partial charge in [-0.3, -0.25) is 4.99 Å². The number of hydrogen-bond donors (Lipinski definition) is 0. The Morgan fingerprint density at radius 1 is 1.10 bits per heavy atom. The molecule has 108 valence electrons. The summed E-state index contributed by atoms with van der Waals surface area (Å²) in [4.78, 5) is 4.65. The number of benzene rings is 2. The van der Waals surface area contributed by atoms with E-state index in [1.54, 1.807) is 6.26 Å². The van der Waals surface area contributed by atoms with Gasteiger partial charge in [0.25, 0.3) is 0 Å². The number of rotatable bonds is 6. The number of nitrogens with zero attached hydrogens (tertiary/aromatic N) is 1. The van der Waals surface area contributed by atoms with Crippen LogP contribution >= 0.6 is 0 Å². The van der Waals surface area contributed by atoms with Gasteiger partial charge in [-0.1, -0.05) is 49.4 Å². The van der Waals surface area contributed by atoms with Gasteiger partial charge in [0.15, 0.2) is 0 Å². The normalized spacial score (nSPS) is 11.8. The van der Waals surface area contributed by atoms with Crippen molar-refractivity contribution in [3.8, 4) is 5.75 Å². The number of allylic oxidation sites excluding steroid dienone is 1. The second-order valence-corrected chi connectivity index (χ2v) is 4.81. The second kappa shape index (κ2) is 8.05. The van der Waals surface area contributed by atoms with Crippen LogP contribution in [0.4, 0.5) is 0 Å². The molecule has 0 radical (unpaired) electrons. The SMILES string of the molecule is CC/C=C\Oc1cccc(C(C)=NCc2ccccc2)c1. The van der Waals surface area contributed by atoms with E-state index in [2.05, 4.69) is 30.1 Å². The van der Waals surface area contributed by atoms with Crippen LogP contribution in [-0.4, -0.2) is 5.71 Å². The Morgan fingerprint density at radius 2 is 1.90 bits per heavy atom. The molecule has 0 aliphatic carbocycles. The highest BCUT2D eigenvalue weighted by Gasteiger charge is 2.00. The molecule has 0 heterocycles. The summed E-state index contributed by atoms with van der Waals surface area (Å²) in [5.74, 6) is 0.839. The fraction of sp³-hybridized carbons (Fsp3) is 0.211. The molecule has 0 aliphatic heterocycles. The quantitative estimate of drug-likeness (QED) is 0.538. The van der Waals surface area contributed by atoms with Crippen molar-refractivity contribution in [2.75, 3.05) is 0 Å². The lowest BCUT2D eigenvalue weighted by molar-refractivity contribution is 0.479. The van der Waals surface area contributed by atoms with Crippen LogP contribution in [0.2, 0.25) is 0 Å². The largest absolute Gasteiger partial charge is 0.465 e. The second-order valence-electron chi connectivity index (χ2n) is 4.81. The number of aliphatic imine (C=N–C) groups is 1. The van der Waals surface area contributed by atoms with E-state index in [-0.39, 0.29) is 0 Å². The van der Waals surface area contributed by atoms with Crippen molar-refractivity contribution >= 4 is 5.71 Å². The first kappa shape index (κ1) is 15.0. The molecule has 2 rings (SSSR count). The summed E-state index contributed by atoms with van der Waals surface area (Å²) < 4.78 is 5.56. The first-order chi connectivity index (χ1) is 10.3. The summed E-state index contributed by atoms with van der Waals surface area (Å²) in [6.45, 7) is 4.81. The zero-order valence-corrected chi connectivity index (χ0v) is 12.6. The Kier molecular flexibility index (Phi) is 5.77. The minimum Gasteiger partial charge on any atom is -0.465 e. The van der Waals surface area contributed by atoms with E-state index in [0.29, 0.717) is 6.54 Å². The van der Waals surface area contributed by atoms with Gasteiger partial charge < -0.3 is 4.74 Å². The number of ether oxygens (including phenoxy) is 1. The molecule has 0 saturated heterocycles. The van der Waals surface area contributed by atoms with Crippen LogP contribution in [0, 0.1) is 0 Å². The predicted octanol–water partition coefficient (Wildman–Crippen LogP) is 5.00. The third-order valence-electron chi connectivity index (χ3n) is 3.13. The molecule has 21 heavy (non-hydrogen) atoms. The van der Waals surface area contributed by atoms with E-state index in [1.165, 1.54) is 5.56 Å². The molecule has 0 atom stereocenters. The molecule has 0 aliphatic rings. The fourth-order valence-corrected chi connectivity index (χ4v) is 1.90. The van der Waals surface area contributed by atoms with Gasteiger partial charge in [0.2, 0.25) is 0 Å². The minimum absolute atomic E-state index is 0.702. The van der Waals surface area contributed by atoms with Gasteiger partial charge in [-0.25, -0.2) is 0 Å². The standard InChI is InChI=1S/C19H21NO/c1-3-4-13-21-19-12-8-11-18(14-19)16(2)20-15-17-9-6-5-7-10-17/h4-14H,3,15H2,1-2H3/b13-4-,20-16?. The minimum atomic E-state index is 0.702. The predicted molar refractivity (Wildman–Crippen MR) is 88.9 cm³/mol. The molecule has 0 spiro atoms. The molecular formula is C19H21NO. The van der Waals surface area contributed by atoms with Crippen molar-refractivity contribution < 1.29 is 4.74 Å². The first-order valence-electron chi connectivity index (χ1n) is 7.26. The first-order valence-corrected chi connectivity index (χ1v) is 7.26. The van der Waals surface area contributed by atoms with Crippen molar-refractivity contribution in [3.05, 3.63) is 78.1 Å². The topological polar surface area (TPSA) is 21.6 Å². The summed E-state index contributed by atoms with van der Waals surface area (Å²) >= 11 is 0. The lowest BCUT2D eigenvalue weighted by atomic mass is 10.1. The third-order valence-corrected chi connectivity index (χ3v) is 3.13. The van der Waals surface area contributed by atoms with E-state index in [4.69, 9.17) is 4.74 Å². The summed E-state index contributed by atoms with van der Waals surface area (Å²) in [5, 5.41) is 0. The Morgan fingerprint density at radius 3 is 2.67 bits per heavy atom.